The van der Waals surface area contributed by atoms with E-state index in [1.165, 1.54) is 12.1 Å². The van der Waals surface area contributed by atoms with Crippen LogP contribution in [0, 0.1) is 5.82 Å². The first-order valence-corrected chi connectivity index (χ1v) is 13.1. The Morgan fingerprint density at radius 3 is 1.32 bits per heavy atom. The normalized spacial score (nSPS) is 13.3. The molecule has 0 fully saturated rings. The van der Waals surface area contributed by atoms with E-state index in [0.29, 0.717) is 0 Å². The zero-order valence-corrected chi connectivity index (χ0v) is 15.7. The molecule has 0 amide bonds. The fraction of sp³-hybridized carbons (Fsp3) is 0. The molecule has 0 radical (unpaired) electrons. The molecule has 0 spiro atoms. The van der Waals surface area contributed by atoms with E-state index in [-0.39, 0.29) is 5.82 Å². The number of hydrogen-bond acceptors (Lipinski definition) is 0. The molecule has 0 N–H and O–H groups in total. The van der Waals surface area contributed by atoms with E-state index < -0.39 is 4.01 Å². The number of halogens is 3. The van der Waals surface area contributed by atoms with Gasteiger partial charge in [0.2, 0.25) is 0 Å². The van der Waals surface area contributed by atoms with Crippen molar-refractivity contribution in [2.45, 2.75) is 0 Å². The molecule has 4 heteroatoms. The summed E-state index contributed by atoms with van der Waals surface area (Å²) in [6.07, 6.45) is 0. The molecule has 0 aliphatic heterocycles. The SMILES string of the molecule is Fc1ccc(P(Br)(Br)(c2ccccc2)c2ccccc2)cc1. The van der Waals surface area contributed by atoms with Gasteiger partial charge in [0.1, 0.15) is 0 Å². The fourth-order valence-electron chi connectivity index (χ4n) is 2.53. The number of benzene rings is 3. The second-order valence-corrected chi connectivity index (χ2v) is 19.8. The summed E-state index contributed by atoms with van der Waals surface area (Å²) in [6, 6.07) is 27.1. The Bertz CT molecular complexity index is 728. The summed E-state index contributed by atoms with van der Waals surface area (Å²) in [6.45, 7) is 0. The van der Waals surface area contributed by atoms with Gasteiger partial charge >= 0.3 is 146 Å². The van der Waals surface area contributed by atoms with E-state index in [0.717, 1.165) is 15.9 Å². The van der Waals surface area contributed by atoms with Gasteiger partial charge in [-0.15, -0.1) is 0 Å². The molecule has 0 aromatic heterocycles. The van der Waals surface area contributed by atoms with Crippen LogP contribution in [0.25, 0.3) is 0 Å². The third-order valence-corrected chi connectivity index (χ3v) is 14.7. The van der Waals surface area contributed by atoms with Gasteiger partial charge in [-0.3, -0.25) is 0 Å². The van der Waals surface area contributed by atoms with Crippen molar-refractivity contribution < 1.29 is 4.39 Å². The van der Waals surface area contributed by atoms with Gasteiger partial charge in [-0.25, -0.2) is 0 Å². The van der Waals surface area contributed by atoms with Crippen LogP contribution in [0.2, 0.25) is 0 Å². The van der Waals surface area contributed by atoms with E-state index in [2.05, 4.69) is 55.2 Å². The minimum atomic E-state index is -2.94. The molecule has 3 aromatic rings. The summed E-state index contributed by atoms with van der Waals surface area (Å²) in [5.41, 5.74) is 0. The summed E-state index contributed by atoms with van der Waals surface area (Å²) in [5, 5.41) is 3.32. The quantitative estimate of drug-likeness (QED) is 0.487. The molecule has 0 saturated heterocycles. The molecule has 0 bridgehead atoms. The molecule has 22 heavy (non-hydrogen) atoms. The average molecular weight is 440 g/mol. The second-order valence-electron chi connectivity index (χ2n) is 5.05. The van der Waals surface area contributed by atoms with Crippen molar-refractivity contribution in [3.63, 3.8) is 0 Å². The van der Waals surface area contributed by atoms with Crippen molar-refractivity contribution in [2.75, 3.05) is 0 Å². The van der Waals surface area contributed by atoms with Gasteiger partial charge in [0.25, 0.3) is 0 Å². The van der Waals surface area contributed by atoms with Crippen LogP contribution in [-0.4, -0.2) is 0 Å². The predicted molar refractivity (Wildman–Crippen MR) is 103 cm³/mol. The molecule has 0 aliphatic carbocycles. The van der Waals surface area contributed by atoms with Gasteiger partial charge in [0, 0.05) is 0 Å². The molecule has 112 valence electrons. The standard InChI is InChI=1S/C18H14Br2FP/c19-22(20,16-7-3-1-4-8-16,17-9-5-2-6-10-17)18-13-11-15(21)12-14-18/h1-14H. The van der Waals surface area contributed by atoms with Crippen LogP contribution in [0.4, 0.5) is 4.39 Å². The maximum atomic E-state index is 13.4. The van der Waals surface area contributed by atoms with E-state index in [9.17, 15) is 4.39 Å². The van der Waals surface area contributed by atoms with Crippen LogP contribution >= 0.6 is 35.0 Å². The first-order chi connectivity index (χ1) is 10.5. The third kappa shape index (κ3) is 2.56. The zero-order valence-electron chi connectivity index (χ0n) is 11.7. The molecule has 3 rings (SSSR count). The Balaban J connectivity index is 2.34. The van der Waals surface area contributed by atoms with Gasteiger partial charge in [0.15, 0.2) is 0 Å². The number of rotatable bonds is 3. The van der Waals surface area contributed by atoms with Gasteiger partial charge < -0.3 is 0 Å². The van der Waals surface area contributed by atoms with Gasteiger partial charge in [0.05, 0.1) is 0 Å². The Labute approximate surface area is 145 Å². The molecule has 3 aromatic carbocycles. The van der Waals surface area contributed by atoms with E-state index >= 15 is 0 Å². The average Bonchev–Trinajstić information content (AvgIpc) is 2.57. The number of hydrogen-bond donors (Lipinski definition) is 0. The first kappa shape index (κ1) is 15.9. The first-order valence-electron chi connectivity index (χ1n) is 6.84. The van der Waals surface area contributed by atoms with E-state index in [1.54, 1.807) is 0 Å². The Kier molecular flexibility index (Phi) is 4.24. The molecular weight excluding hydrogens is 426 g/mol. The summed E-state index contributed by atoms with van der Waals surface area (Å²) in [4.78, 5) is 0. The van der Waals surface area contributed by atoms with Crippen LogP contribution in [-0.2, 0) is 0 Å². The van der Waals surface area contributed by atoms with E-state index in [4.69, 9.17) is 0 Å². The molecule has 0 atom stereocenters. The molecule has 0 nitrogen and oxygen atoms in total. The van der Waals surface area contributed by atoms with Gasteiger partial charge in [-0.05, 0) is 0 Å². The zero-order chi connectivity index (χ0) is 15.7. The molecular formula is C18H14Br2FP. The minimum absolute atomic E-state index is 0.233. The third-order valence-electron chi connectivity index (χ3n) is 3.70. The molecule has 0 unspecified atom stereocenters. The Morgan fingerprint density at radius 1 is 0.545 bits per heavy atom. The van der Waals surface area contributed by atoms with Crippen LogP contribution in [0.5, 0.6) is 0 Å². The van der Waals surface area contributed by atoms with Crippen LogP contribution in [0.3, 0.4) is 0 Å². The van der Waals surface area contributed by atoms with Crippen LogP contribution in [0.1, 0.15) is 0 Å². The Morgan fingerprint density at radius 2 is 0.909 bits per heavy atom. The predicted octanol–water partition coefficient (Wildman–Crippen LogP) is 5.28. The summed E-state index contributed by atoms with van der Waals surface area (Å²) in [7, 11) is 0. The van der Waals surface area contributed by atoms with Crippen molar-refractivity contribution in [1.29, 1.82) is 0 Å². The van der Waals surface area contributed by atoms with Crippen LogP contribution < -0.4 is 15.9 Å². The van der Waals surface area contributed by atoms with Crippen molar-refractivity contribution >= 4 is 50.9 Å². The summed E-state index contributed by atoms with van der Waals surface area (Å²) in [5.74, 6) is -0.233. The van der Waals surface area contributed by atoms with Crippen molar-refractivity contribution in [3.8, 4) is 0 Å². The topological polar surface area (TPSA) is 0 Å². The second kappa shape index (κ2) is 5.88. The van der Waals surface area contributed by atoms with Gasteiger partial charge in [-0.2, -0.15) is 0 Å². The monoisotopic (exact) mass is 438 g/mol. The summed E-state index contributed by atoms with van der Waals surface area (Å²) < 4.78 is 10.4. The molecule has 0 saturated carbocycles. The maximum absolute atomic E-state index is 13.4. The van der Waals surface area contributed by atoms with Crippen molar-refractivity contribution in [1.82, 2.24) is 0 Å². The Hall–Kier alpha value is -1.02. The molecule has 0 aliphatic rings. The van der Waals surface area contributed by atoms with Gasteiger partial charge in [-0.1, -0.05) is 0 Å². The van der Waals surface area contributed by atoms with Crippen LogP contribution in [0.15, 0.2) is 84.9 Å². The van der Waals surface area contributed by atoms with Crippen molar-refractivity contribution in [3.05, 3.63) is 90.7 Å². The van der Waals surface area contributed by atoms with Crippen molar-refractivity contribution in [2.24, 2.45) is 0 Å². The summed E-state index contributed by atoms with van der Waals surface area (Å²) >= 11 is 8.13. The van der Waals surface area contributed by atoms with E-state index in [1.807, 2.05) is 48.5 Å². The molecule has 0 heterocycles. The fourth-order valence-corrected chi connectivity index (χ4v) is 9.74.